The molecule has 0 unspecified atom stereocenters. The summed E-state index contributed by atoms with van der Waals surface area (Å²) in [6, 6.07) is 108. The van der Waals surface area contributed by atoms with Crippen molar-refractivity contribution in [3.63, 3.8) is 0 Å². The molecule has 20 heteroatoms. The van der Waals surface area contributed by atoms with E-state index in [-0.39, 0.29) is 0 Å². The van der Waals surface area contributed by atoms with Crippen LogP contribution in [0.3, 0.4) is 0 Å². The molecule has 0 saturated carbocycles. The molecule has 0 aliphatic heterocycles. The molecular weight excluding hydrogens is 1440 g/mol. The van der Waals surface area contributed by atoms with Gasteiger partial charge in [-0.25, -0.2) is 24.5 Å². The van der Waals surface area contributed by atoms with Gasteiger partial charge in [-0.15, -0.1) is 0 Å². The molecular formula is C96H79N19O. The van der Waals surface area contributed by atoms with Crippen molar-refractivity contribution < 1.29 is 4.52 Å². The highest BCUT2D eigenvalue weighted by atomic mass is 16.5. The number of aromatic amines is 1. The smallest absolute Gasteiger partial charge is 0.166 e. The summed E-state index contributed by atoms with van der Waals surface area (Å²) in [5.74, 6) is 0. The molecule has 0 atom stereocenters. The van der Waals surface area contributed by atoms with Gasteiger partial charge in [0.2, 0.25) is 0 Å². The quantitative estimate of drug-likeness (QED) is 0.149. The summed E-state index contributed by atoms with van der Waals surface area (Å²) in [4.78, 5) is 36.1. The molecule has 24 aromatic rings. The van der Waals surface area contributed by atoms with Crippen molar-refractivity contribution in [3.05, 3.63) is 477 Å². The number of fused-ring (bicyclic) bond motifs is 11. The summed E-state index contributed by atoms with van der Waals surface area (Å²) in [5, 5.41) is 32.3. The first kappa shape index (κ1) is 79.1. The molecule has 1 N–H and O–H groups in total. The number of pyridine rings is 9. The summed E-state index contributed by atoms with van der Waals surface area (Å²) in [6.07, 6.45) is 43.8. The van der Waals surface area contributed by atoms with E-state index < -0.39 is 0 Å². The fourth-order valence-corrected chi connectivity index (χ4v) is 10.8. The SMILES string of the molecule is c1ccc2[nH]ncc2c1.c1ccc2cnccc2c1.c1ccc2cnncc2c1.c1ccc2ncccc2c1.c1ccc2ncncc2c1.c1ccc2oncc2c1.c1ccccc1.c1ccn2cccc2c1.c1ccn2ccnc2c1.c1ccn2cncc2c1.c1ccn2nccc2c1.c1ccncc1.c1cnc2cnccc2c1. The topological polar surface area (TPSA) is 227 Å². The van der Waals surface area contributed by atoms with Gasteiger partial charge in [-0.05, 0) is 144 Å². The summed E-state index contributed by atoms with van der Waals surface area (Å²) in [7, 11) is 0. The standard InChI is InChI=1S/2C9H7N.3C8H6N2.C8H7N.4C7H6N2.C7H5NO.C6H6.C5H5N/c1-2-6-9-8(4-1)5-3-7-10-9;1-2-4-9-7-10-6-5-8(9)3-1;1-2-7-3-5-9-6-8(7)10-4-1;1-2-4-8-7(3-1)5-9-6-10-8;1-2-4-8-6-10-9-5-7(8)3-1;1-2-6-9-7-3-5-8(9)4-1;1-2-6-9-7(3-1)4-5-8-9;1-2-5-9-6-4-8-7(9)3-1;1-2-4-9-6-8-5-7(9)3-1;2*1-2-4-7-6(3-1)5-8-9-7;2*1-2-4-6-5-3-1/h2*1-7H;3*1-6H;1-7H;3*1-6H;1-5H,(H,8,9);1-5H;1-6H;1-5H. The highest BCUT2D eigenvalue weighted by molar-refractivity contribution is 5.82. The Balaban J connectivity index is 0.000000116. The van der Waals surface area contributed by atoms with Crippen LogP contribution in [0.25, 0.3) is 98.3 Å². The summed E-state index contributed by atoms with van der Waals surface area (Å²) < 4.78 is 12.7. The molecule has 0 amide bonds. The first-order chi connectivity index (χ1) is 57.6. The van der Waals surface area contributed by atoms with Crippen molar-refractivity contribution in [3.8, 4) is 0 Å². The average Bonchev–Trinajstić information content (AvgIpc) is 1.60. The van der Waals surface area contributed by atoms with Crippen LogP contribution < -0.4 is 0 Å². The lowest BCUT2D eigenvalue weighted by molar-refractivity contribution is 0.456. The number of imidazole rings is 2. The van der Waals surface area contributed by atoms with Crippen molar-refractivity contribution in [2.24, 2.45) is 0 Å². The second-order valence-electron chi connectivity index (χ2n) is 24.5. The van der Waals surface area contributed by atoms with Crippen LogP contribution in [0.15, 0.2) is 481 Å². The monoisotopic (exact) mass is 1510 g/mol. The Bertz CT molecular complexity index is 5250. The molecule has 0 radical (unpaired) electrons. The number of hydrogen-bond donors (Lipinski definition) is 1. The van der Waals surface area contributed by atoms with Crippen molar-refractivity contribution in [1.29, 1.82) is 0 Å². The van der Waals surface area contributed by atoms with Crippen molar-refractivity contribution in [2.45, 2.75) is 0 Å². The largest absolute Gasteiger partial charge is 0.356 e. The molecule has 0 saturated heterocycles. The van der Waals surface area contributed by atoms with Gasteiger partial charge in [-0.2, -0.15) is 20.4 Å². The molecule has 0 aliphatic carbocycles. The fourth-order valence-electron chi connectivity index (χ4n) is 10.8. The number of aromatic nitrogens is 19. The van der Waals surface area contributed by atoms with Crippen LogP contribution in [-0.2, 0) is 0 Å². The van der Waals surface area contributed by atoms with Crippen molar-refractivity contribution >= 4 is 98.3 Å². The van der Waals surface area contributed by atoms with Gasteiger partial charge in [0.15, 0.2) is 5.58 Å². The highest BCUT2D eigenvalue weighted by Gasteiger charge is 1.96. The van der Waals surface area contributed by atoms with Gasteiger partial charge in [0.1, 0.15) is 12.0 Å². The summed E-state index contributed by atoms with van der Waals surface area (Å²) >= 11 is 0. The van der Waals surface area contributed by atoms with Crippen LogP contribution in [0.1, 0.15) is 0 Å². The number of nitrogens with one attached hydrogen (secondary N) is 1. The van der Waals surface area contributed by atoms with E-state index in [1.165, 1.54) is 21.7 Å². The van der Waals surface area contributed by atoms with E-state index in [2.05, 4.69) is 116 Å². The normalized spacial score (nSPS) is 9.90. The number of H-pyrrole nitrogens is 1. The Morgan fingerprint density at radius 3 is 1.41 bits per heavy atom. The number of rotatable bonds is 0. The van der Waals surface area contributed by atoms with E-state index in [9.17, 15) is 0 Å². The summed E-state index contributed by atoms with van der Waals surface area (Å²) in [5.41, 5.74) is 9.47. The average molecular weight is 1510 g/mol. The molecule has 17 heterocycles. The van der Waals surface area contributed by atoms with Crippen LogP contribution in [0.4, 0.5) is 0 Å². The lowest BCUT2D eigenvalue weighted by Gasteiger charge is -1.91. The van der Waals surface area contributed by atoms with Gasteiger partial charge >= 0.3 is 0 Å². The van der Waals surface area contributed by atoms with Crippen LogP contribution in [0.2, 0.25) is 0 Å². The minimum Gasteiger partial charge on any atom is -0.356 e. The third-order valence-corrected chi connectivity index (χ3v) is 16.6. The Labute approximate surface area is 668 Å². The van der Waals surface area contributed by atoms with Gasteiger partial charge in [0.25, 0.3) is 0 Å². The van der Waals surface area contributed by atoms with Gasteiger partial charge < -0.3 is 17.7 Å². The van der Waals surface area contributed by atoms with Crippen molar-refractivity contribution in [1.82, 2.24) is 93.2 Å². The molecule has 116 heavy (non-hydrogen) atoms. The number of benzene rings is 7. The molecule has 20 nitrogen and oxygen atoms in total. The molecule has 0 aliphatic rings. The molecule has 564 valence electrons. The van der Waals surface area contributed by atoms with Crippen molar-refractivity contribution in [2.75, 3.05) is 0 Å². The molecule has 0 fully saturated rings. The van der Waals surface area contributed by atoms with Crippen LogP contribution >= 0.6 is 0 Å². The minimum atomic E-state index is 0.845. The van der Waals surface area contributed by atoms with E-state index in [1.807, 2.05) is 379 Å². The molecule has 24 rings (SSSR count). The van der Waals surface area contributed by atoms with E-state index in [4.69, 9.17) is 4.52 Å². The third-order valence-electron chi connectivity index (χ3n) is 16.6. The van der Waals surface area contributed by atoms with Gasteiger partial charge in [0, 0.05) is 142 Å². The predicted octanol–water partition coefficient (Wildman–Crippen LogP) is 21.5. The lowest BCUT2D eigenvalue weighted by atomic mass is 10.2. The minimum absolute atomic E-state index is 0.845. The number of hydrogen-bond acceptors (Lipinski definition) is 15. The second kappa shape index (κ2) is 45.5. The first-order valence-electron chi connectivity index (χ1n) is 36.8. The van der Waals surface area contributed by atoms with Gasteiger partial charge in [0.05, 0.1) is 76.6 Å². The molecule has 0 spiro atoms. The molecule has 17 aromatic heterocycles. The number of nitrogens with zero attached hydrogens (tertiary/aromatic N) is 18. The zero-order valence-corrected chi connectivity index (χ0v) is 63.0. The highest BCUT2D eigenvalue weighted by Crippen LogP contribution is 2.15. The third kappa shape index (κ3) is 25.8. The fraction of sp³-hybridized carbons (Fsp3) is 0. The van der Waals surface area contributed by atoms with Gasteiger partial charge in [-0.1, -0.05) is 199 Å². The second-order valence-corrected chi connectivity index (χ2v) is 24.5. The first-order valence-corrected chi connectivity index (χ1v) is 36.8. The molecule has 7 aromatic carbocycles. The Morgan fingerprint density at radius 2 is 0.776 bits per heavy atom. The Kier molecular flexibility index (Phi) is 31.0. The maximum Gasteiger partial charge on any atom is 0.166 e. The zero-order valence-electron chi connectivity index (χ0n) is 63.0. The van der Waals surface area contributed by atoms with E-state index >= 15 is 0 Å². The Morgan fingerprint density at radius 1 is 0.250 bits per heavy atom. The Hall–Kier alpha value is -16.5. The maximum atomic E-state index is 4.87. The van der Waals surface area contributed by atoms with Crippen LogP contribution in [0, 0.1) is 0 Å². The van der Waals surface area contributed by atoms with Crippen LogP contribution in [0.5, 0.6) is 0 Å². The number of para-hydroxylation sites is 4. The maximum absolute atomic E-state index is 4.87. The van der Waals surface area contributed by atoms with E-state index in [0.717, 1.165) is 76.6 Å². The molecule has 0 bridgehead atoms. The summed E-state index contributed by atoms with van der Waals surface area (Å²) in [6.45, 7) is 0. The van der Waals surface area contributed by atoms with Gasteiger partial charge in [-0.3, -0.25) is 30.0 Å². The zero-order chi connectivity index (χ0) is 79.2. The van der Waals surface area contributed by atoms with E-state index in [1.54, 1.807) is 74.6 Å². The van der Waals surface area contributed by atoms with E-state index in [0.29, 0.717) is 0 Å². The van der Waals surface area contributed by atoms with Crippen LogP contribution in [-0.4, -0.2) is 93.2 Å². The predicted molar refractivity (Wildman–Crippen MR) is 466 cm³/mol. The lowest BCUT2D eigenvalue weighted by Crippen LogP contribution is -1.81.